The lowest BCUT2D eigenvalue weighted by Gasteiger charge is -2.17. The van der Waals surface area contributed by atoms with Crippen molar-refractivity contribution in [3.63, 3.8) is 0 Å². The van der Waals surface area contributed by atoms with Gasteiger partial charge in [-0.1, -0.05) is 19.1 Å². The van der Waals surface area contributed by atoms with Crippen molar-refractivity contribution in [3.8, 4) is 5.69 Å². The van der Waals surface area contributed by atoms with Gasteiger partial charge in [-0.15, -0.1) is 0 Å². The SMILES string of the molecule is CCCc1ncc(CN(C)Cc2cccc(-n3cccn3)c2)cn1. The second kappa shape index (κ2) is 7.84. The molecule has 0 radical (unpaired) electrons. The molecule has 5 nitrogen and oxygen atoms in total. The summed E-state index contributed by atoms with van der Waals surface area (Å²) in [4.78, 5) is 11.1. The normalized spacial score (nSPS) is 11.1. The maximum absolute atomic E-state index is 4.43. The fraction of sp³-hybridized carbons (Fsp3) is 0.316. The van der Waals surface area contributed by atoms with Gasteiger partial charge in [-0.2, -0.15) is 5.10 Å². The highest BCUT2D eigenvalue weighted by Gasteiger charge is 2.05. The number of hydrogen-bond acceptors (Lipinski definition) is 4. The number of benzene rings is 1. The number of nitrogens with zero attached hydrogens (tertiary/aromatic N) is 5. The van der Waals surface area contributed by atoms with Crippen molar-refractivity contribution < 1.29 is 0 Å². The highest BCUT2D eigenvalue weighted by Crippen LogP contribution is 2.12. The zero-order valence-electron chi connectivity index (χ0n) is 14.3. The molecular weight excluding hydrogens is 298 g/mol. The lowest BCUT2D eigenvalue weighted by molar-refractivity contribution is 0.318. The second-order valence-electron chi connectivity index (χ2n) is 6.05. The van der Waals surface area contributed by atoms with Gasteiger partial charge in [-0.05, 0) is 37.2 Å². The van der Waals surface area contributed by atoms with Gasteiger partial charge in [0.15, 0.2) is 0 Å². The monoisotopic (exact) mass is 321 g/mol. The van der Waals surface area contributed by atoms with Gasteiger partial charge in [0.05, 0.1) is 5.69 Å². The van der Waals surface area contributed by atoms with Gasteiger partial charge in [0.1, 0.15) is 5.82 Å². The van der Waals surface area contributed by atoms with Gasteiger partial charge in [-0.3, -0.25) is 4.90 Å². The molecule has 0 aliphatic carbocycles. The Morgan fingerprint density at radius 3 is 2.54 bits per heavy atom. The summed E-state index contributed by atoms with van der Waals surface area (Å²) in [5, 5.41) is 4.28. The summed E-state index contributed by atoms with van der Waals surface area (Å²) in [6, 6.07) is 10.4. The second-order valence-corrected chi connectivity index (χ2v) is 6.05. The standard InChI is InChI=1S/C19H23N5/c1-3-6-19-20-12-17(13-21-19)15-23(2)14-16-7-4-8-18(11-16)24-10-5-9-22-24/h4-5,7-13H,3,6,14-15H2,1-2H3. The maximum atomic E-state index is 4.43. The lowest BCUT2D eigenvalue weighted by Crippen LogP contribution is -2.17. The van der Waals surface area contributed by atoms with Gasteiger partial charge in [0.25, 0.3) is 0 Å². The fourth-order valence-electron chi connectivity index (χ4n) is 2.71. The number of rotatable bonds is 7. The van der Waals surface area contributed by atoms with Crippen LogP contribution in [0.1, 0.15) is 30.3 Å². The number of hydrogen-bond donors (Lipinski definition) is 0. The summed E-state index contributed by atoms with van der Waals surface area (Å²) in [5.41, 5.74) is 3.48. The highest BCUT2D eigenvalue weighted by molar-refractivity contribution is 5.35. The van der Waals surface area contributed by atoms with Gasteiger partial charge in [0, 0.05) is 49.9 Å². The summed E-state index contributed by atoms with van der Waals surface area (Å²) in [5.74, 6) is 0.927. The molecule has 2 aromatic heterocycles. The zero-order chi connectivity index (χ0) is 16.8. The molecule has 1 aromatic carbocycles. The fourth-order valence-corrected chi connectivity index (χ4v) is 2.71. The van der Waals surface area contributed by atoms with E-state index in [-0.39, 0.29) is 0 Å². The third kappa shape index (κ3) is 4.26. The predicted octanol–water partition coefficient (Wildman–Crippen LogP) is 3.25. The van der Waals surface area contributed by atoms with Crippen LogP contribution in [0, 0.1) is 0 Å². The predicted molar refractivity (Wildman–Crippen MR) is 94.8 cm³/mol. The minimum Gasteiger partial charge on any atom is -0.298 e. The lowest BCUT2D eigenvalue weighted by atomic mass is 10.2. The van der Waals surface area contributed by atoms with Gasteiger partial charge < -0.3 is 0 Å². The Hall–Kier alpha value is -2.53. The number of aromatic nitrogens is 4. The van der Waals surface area contributed by atoms with E-state index in [1.165, 1.54) is 5.56 Å². The summed E-state index contributed by atoms with van der Waals surface area (Å²) >= 11 is 0. The Bertz CT molecular complexity index is 750. The molecule has 0 N–H and O–H groups in total. The largest absolute Gasteiger partial charge is 0.298 e. The van der Waals surface area contributed by atoms with Crippen molar-refractivity contribution in [3.05, 3.63) is 72.1 Å². The van der Waals surface area contributed by atoms with Crippen LogP contribution in [0.3, 0.4) is 0 Å². The van der Waals surface area contributed by atoms with Gasteiger partial charge >= 0.3 is 0 Å². The van der Waals surface area contributed by atoms with Crippen LogP contribution in [0.15, 0.2) is 55.1 Å². The Morgan fingerprint density at radius 2 is 1.83 bits per heavy atom. The highest BCUT2D eigenvalue weighted by atomic mass is 15.3. The van der Waals surface area contributed by atoms with E-state index in [1.54, 1.807) is 6.20 Å². The van der Waals surface area contributed by atoms with Crippen molar-refractivity contribution in [2.45, 2.75) is 32.9 Å². The first-order chi connectivity index (χ1) is 11.7. The van der Waals surface area contributed by atoms with Crippen molar-refractivity contribution in [2.75, 3.05) is 7.05 Å². The molecule has 0 bridgehead atoms. The van der Waals surface area contributed by atoms with E-state index in [0.717, 1.165) is 43.0 Å². The van der Waals surface area contributed by atoms with E-state index in [9.17, 15) is 0 Å². The van der Waals surface area contributed by atoms with E-state index < -0.39 is 0 Å². The molecule has 0 saturated heterocycles. The van der Waals surface area contributed by atoms with Crippen molar-refractivity contribution in [1.82, 2.24) is 24.6 Å². The molecule has 0 aliphatic heterocycles. The molecule has 5 heteroatoms. The Balaban J connectivity index is 1.62. The van der Waals surface area contributed by atoms with Crippen LogP contribution in [0.5, 0.6) is 0 Å². The smallest absolute Gasteiger partial charge is 0.128 e. The third-order valence-corrected chi connectivity index (χ3v) is 3.82. The van der Waals surface area contributed by atoms with Crippen molar-refractivity contribution in [1.29, 1.82) is 0 Å². The molecule has 0 unspecified atom stereocenters. The molecule has 0 fully saturated rings. The first-order valence-electron chi connectivity index (χ1n) is 8.32. The van der Waals surface area contributed by atoms with Crippen LogP contribution >= 0.6 is 0 Å². The molecule has 0 atom stereocenters. The summed E-state index contributed by atoms with van der Waals surface area (Å²) in [7, 11) is 2.11. The molecule has 0 aliphatic rings. The van der Waals surface area contributed by atoms with E-state index in [0.29, 0.717) is 0 Å². The van der Waals surface area contributed by atoms with E-state index in [1.807, 2.05) is 29.3 Å². The Morgan fingerprint density at radius 1 is 1.04 bits per heavy atom. The first kappa shape index (κ1) is 16.3. The summed E-state index contributed by atoms with van der Waals surface area (Å²) in [6.07, 6.45) is 9.64. The third-order valence-electron chi connectivity index (χ3n) is 3.82. The van der Waals surface area contributed by atoms with Crippen LogP contribution in [0.2, 0.25) is 0 Å². The van der Waals surface area contributed by atoms with Crippen LogP contribution in [-0.2, 0) is 19.5 Å². The molecule has 0 saturated carbocycles. The molecule has 2 heterocycles. The average Bonchev–Trinajstić information content (AvgIpc) is 3.12. The van der Waals surface area contributed by atoms with Crippen molar-refractivity contribution in [2.24, 2.45) is 0 Å². The van der Waals surface area contributed by atoms with E-state index in [2.05, 4.69) is 58.2 Å². The Labute approximate surface area is 143 Å². The van der Waals surface area contributed by atoms with E-state index in [4.69, 9.17) is 0 Å². The molecule has 0 amide bonds. The molecule has 24 heavy (non-hydrogen) atoms. The molecule has 124 valence electrons. The van der Waals surface area contributed by atoms with Crippen LogP contribution in [0.4, 0.5) is 0 Å². The average molecular weight is 321 g/mol. The quantitative estimate of drug-likeness (QED) is 0.670. The Kier molecular flexibility index (Phi) is 5.33. The van der Waals surface area contributed by atoms with Gasteiger partial charge in [0.2, 0.25) is 0 Å². The molecule has 0 spiro atoms. The topological polar surface area (TPSA) is 46.8 Å². The summed E-state index contributed by atoms with van der Waals surface area (Å²) < 4.78 is 1.88. The van der Waals surface area contributed by atoms with Gasteiger partial charge in [-0.25, -0.2) is 14.6 Å². The minimum atomic E-state index is 0.832. The molecular formula is C19H23N5. The van der Waals surface area contributed by atoms with Crippen LogP contribution in [0.25, 0.3) is 5.69 Å². The van der Waals surface area contributed by atoms with Crippen LogP contribution < -0.4 is 0 Å². The zero-order valence-corrected chi connectivity index (χ0v) is 14.3. The summed E-state index contributed by atoms with van der Waals surface area (Å²) in [6.45, 7) is 3.84. The number of aryl methyl sites for hydroxylation is 1. The van der Waals surface area contributed by atoms with E-state index >= 15 is 0 Å². The minimum absolute atomic E-state index is 0.832. The maximum Gasteiger partial charge on any atom is 0.128 e. The molecule has 3 aromatic rings. The van der Waals surface area contributed by atoms with Crippen molar-refractivity contribution >= 4 is 0 Å². The molecule has 3 rings (SSSR count). The van der Waals surface area contributed by atoms with Crippen LogP contribution in [-0.4, -0.2) is 31.7 Å². The first-order valence-corrected chi connectivity index (χ1v) is 8.32.